The van der Waals surface area contributed by atoms with Gasteiger partial charge >= 0.3 is 6.18 Å². The molecule has 0 saturated carbocycles. The molecule has 0 bridgehead atoms. The lowest BCUT2D eigenvalue weighted by molar-refractivity contribution is -0.139. The van der Waals surface area contributed by atoms with Crippen molar-refractivity contribution in [3.05, 3.63) is 22.8 Å². The van der Waals surface area contributed by atoms with E-state index in [-0.39, 0.29) is 10.9 Å². The molecule has 0 radical (unpaired) electrons. The molecule has 0 saturated heterocycles. The van der Waals surface area contributed by atoms with Crippen molar-refractivity contribution >= 4 is 11.6 Å². The third kappa shape index (κ3) is 6.63. The molecule has 1 aromatic rings. The zero-order chi connectivity index (χ0) is 14.5. The van der Waals surface area contributed by atoms with Crippen LogP contribution in [0.4, 0.5) is 13.2 Å². The fourth-order valence-corrected chi connectivity index (χ4v) is 1.50. The topological polar surface area (TPSA) is 34.2 Å². The number of aromatic nitrogens is 1. The molecule has 0 aliphatic rings. The maximum Gasteiger partial charge on any atom is 0.392 e. The molecule has 3 nitrogen and oxygen atoms in total. The van der Waals surface area contributed by atoms with E-state index in [0.717, 1.165) is 5.56 Å². The van der Waals surface area contributed by atoms with E-state index in [9.17, 15) is 13.2 Å². The summed E-state index contributed by atoms with van der Waals surface area (Å²) in [6.45, 7) is 4.11. The van der Waals surface area contributed by atoms with Gasteiger partial charge in [-0.15, -0.1) is 0 Å². The molecule has 108 valence electrons. The molecule has 7 heteroatoms. The Morgan fingerprint density at radius 1 is 1.42 bits per heavy atom. The number of nitrogens with one attached hydrogen (secondary N) is 1. The lowest BCUT2D eigenvalue weighted by Crippen LogP contribution is -2.21. The van der Waals surface area contributed by atoms with Crippen molar-refractivity contribution in [1.29, 1.82) is 0 Å². The van der Waals surface area contributed by atoms with Gasteiger partial charge in [-0.2, -0.15) is 13.2 Å². The van der Waals surface area contributed by atoms with Crippen LogP contribution in [0.2, 0.25) is 5.02 Å². The van der Waals surface area contributed by atoms with Crippen LogP contribution < -0.4 is 10.1 Å². The molecule has 0 spiro atoms. The zero-order valence-corrected chi connectivity index (χ0v) is 11.5. The van der Waals surface area contributed by atoms with Crippen LogP contribution in [0.15, 0.2) is 12.3 Å². The largest absolute Gasteiger partial charge is 0.476 e. The summed E-state index contributed by atoms with van der Waals surface area (Å²) < 4.78 is 40.8. The van der Waals surface area contributed by atoms with Gasteiger partial charge in [0.1, 0.15) is 5.02 Å². The van der Waals surface area contributed by atoms with E-state index in [0.29, 0.717) is 12.6 Å². The molecule has 0 aliphatic carbocycles. The summed E-state index contributed by atoms with van der Waals surface area (Å²) in [5.74, 6) is 0.0270. The number of hydrogen-bond acceptors (Lipinski definition) is 3. The van der Waals surface area contributed by atoms with Crippen LogP contribution in [0.1, 0.15) is 25.8 Å². The minimum absolute atomic E-state index is 0.0270. The Bertz CT molecular complexity index is 410. The van der Waals surface area contributed by atoms with Gasteiger partial charge in [0.25, 0.3) is 0 Å². The number of ether oxygens (including phenoxy) is 1. The number of alkyl halides is 3. The molecule has 0 atom stereocenters. The second-order valence-electron chi connectivity index (χ2n) is 4.38. The van der Waals surface area contributed by atoms with Gasteiger partial charge < -0.3 is 10.1 Å². The molecular weight excluding hydrogens is 281 g/mol. The number of rotatable bonds is 6. The van der Waals surface area contributed by atoms with Gasteiger partial charge in [-0.3, -0.25) is 0 Å². The lowest BCUT2D eigenvalue weighted by Gasteiger charge is -2.11. The summed E-state index contributed by atoms with van der Waals surface area (Å²) >= 11 is 5.90. The Morgan fingerprint density at radius 2 is 2.11 bits per heavy atom. The Kier molecular flexibility index (Phi) is 5.87. The average Bonchev–Trinajstić information content (AvgIpc) is 2.27. The van der Waals surface area contributed by atoms with Gasteiger partial charge in [0.2, 0.25) is 5.88 Å². The fraction of sp³-hybridized carbons (Fsp3) is 0.583. The number of hydrogen-bond donors (Lipinski definition) is 1. The van der Waals surface area contributed by atoms with Crippen LogP contribution in [0.3, 0.4) is 0 Å². The van der Waals surface area contributed by atoms with E-state index in [1.807, 2.05) is 13.8 Å². The molecule has 0 amide bonds. The summed E-state index contributed by atoms with van der Waals surface area (Å²) in [5.41, 5.74) is 0.849. The molecule has 1 aromatic heterocycles. The molecule has 0 fully saturated rings. The van der Waals surface area contributed by atoms with E-state index < -0.39 is 19.2 Å². The highest BCUT2D eigenvalue weighted by Crippen LogP contribution is 2.24. The van der Waals surface area contributed by atoms with Crippen LogP contribution in [0, 0.1) is 0 Å². The highest BCUT2D eigenvalue weighted by molar-refractivity contribution is 6.31. The van der Waals surface area contributed by atoms with Crippen LogP contribution in [-0.4, -0.2) is 23.8 Å². The molecule has 1 heterocycles. The summed E-state index contributed by atoms with van der Waals surface area (Å²) in [6.07, 6.45) is -3.74. The second-order valence-corrected chi connectivity index (χ2v) is 4.79. The van der Waals surface area contributed by atoms with Gasteiger partial charge in [-0.25, -0.2) is 4.98 Å². The van der Waals surface area contributed by atoms with E-state index in [1.54, 1.807) is 6.07 Å². The SMILES string of the molecule is CC(C)NCc1cnc(OCCC(F)(F)F)c(Cl)c1. The molecule has 0 aromatic carbocycles. The minimum atomic E-state index is -4.24. The van der Waals surface area contributed by atoms with Gasteiger partial charge in [0, 0.05) is 18.8 Å². The molecule has 1 rings (SSSR count). The second kappa shape index (κ2) is 6.96. The van der Waals surface area contributed by atoms with Crippen LogP contribution >= 0.6 is 11.6 Å². The molecular formula is C12H16ClF3N2O. The van der Waals surface area contributed by atoms with Gasteiger partial charge in [-0.05, 0) is 11.6 Å². The van der Waals surface area contributed by atoms with Crippen molar-refractivity contribution in [2.24, 2.45) is 0 Å². The Labute approximate surface area is 115 Å². The van der Waals surface area contributed by atoms with E-state index in [4.69, 9.17) is 16.3 Å². The van der Waals surface area contributed by atoms with Crippen molar-refractivity contribution in [2.45, 2.75) is 39.0 Å². The molecule has 1 N–H and O–H groups in total. The predicted octanol–water partition coefficient (Wildman–Crippen LogP) is 3.56. The normalized spacial score (nSPS) is 11.9. The first-order valence-electron chi connectivity index (χ1n) is 5.85. The summed E-state index contributed by atoms with van der Waals surface area (Å²) in [6, 6.07) is 1.95. The zero-order valence-electron chi connectivity index (χ0n) is 10.7. The maximum atomic E-state index is 12.0. The maximum absolute atomic E-state index is 12.0. The monoisotopic (exact) mass is 296 g/mol. The molecule has 19 heavy (non-hydrogen) atoms. The first kappa shape index (κ1) is 16.0. The predicted molar refractivity (Wildman–Crippen MR) is 67.4 cm³/mol. The minimum Gasteiger partial charge on any atom is -0.476 e. The highest BCUT2D eigenvalue weighted by atomic mass is 35.5. The van der Waals surface area contributed by atoms with Crippen molar-refractivity contribution in [2.75, 3.05) is 6.61 Å². The van der Waals surface area contributed by atoms with Crippen molar-refractivity contribution in [3.63, 3.8) is 0 Å². The third-order valence-corrected chi connectivity index (χ3v) is 2.47. The van der Waals surface area contributed by atoms with Crippen LogP contribution in [-0.2, 0) is 6.54 Å². The summed E-state index contributed by atoms with van der Waals surface area (Å²) in [5, 5.41) is 3.40. The Morgan fingerprint density at radius 3 is 2.63 bits per heavy atom. The highest BCUT2D eigenvalue weighted by Gasteiger charge is 2.27. The van der Waals surface area contributed by atoms with E-state index in [1.165, 1.54) is 6.20 Å². The number of nitrogens with zero attached hydrogens (tertiary/aromatic N) is 1. The standard InChI is InChI=1S/C12H16ClF3N2O/c1-8(2)17-6-9-5-10(13)11(18-7-9)19-4-3-12(14,15)16/h5,7-8,17H,3-4,6H2,1-2H3. The van der Waals surface area contributed by atoms with Crippen molar-refractivity contribution < 1.29 is 17.9 Å². The van der Waals surface area contributed by atoms with E-state index >= 15 is 0 Å². The number of pyridine rings is 1. The van der Waals surface area contributed by atoms with E-state index in [2.05, 4.69) is 10.3 Å². The average molecular weight is 297 g/mol. The molecule has 0 unspecified atom stereocenters. The van der Waals surface area contributed by atoms with Gasteiger partial charge in [0.15, 0.2) is 0 Å². The van der Waals surface area contributed by atoms with Crippen molar-refractivity contribution in [1.82, 2.24) is 10.3 Å². The summed E-state index contributed by atoms with van der Waals surface area (Å²) in [4.78, 5) is 3.91. The quantitative estimate of drug-likeness (QED) is 0.871. The molecule has 0 aliphatic heterocycles. The third-order valence-electron chi connectivity index (χ3n) is 2.20. The first-order valence-corrected chi connectivity index (χ1v) is 6.23. The fourth-order valence-electron chi connectivity index (χ4n) is 1.25. The number of halogens is 4. The summed E-state index contributed by atoms with van der Waals surface area (Å²) in [7, 11) is 0. The Balaban J connectivity index is 2.52. The van der Waals surface area contributed by atoms with Crippen molar-refractivity contribution in [3.8, 4) is 5.88 Å². The Hall–Kier alpha value is -1.01. The van der Waals surface area contributed by atoms with Crippen LogP contribution in [0.25, 0.3) is 0 Å². The lowest BCUT2D eigenvalue weighted by atomic mass is 10.2. The van der Waals surface area contributed by atoms with Gasteiger partial charge in [0.05, 0.1) is 13.0 Å². The first-order chi connectivity index (χ1) is 8.78. The van der Waals surface area contributed by atoms with Crippen LogP contribution in [0.5, 0.6) is 5.88 Å². The van der Waals surface area contributed by atoms with Gasteiger partial charge in [-0.1, -0.05) is 25.4 Å². The smallest absolute Gasteiger partial charge is 0.392 e.